The van der Waals surface area contributed by atoms with Crippen LogP contribution in [-0.2, 0) is 14.8 Å². The molecule has 0 saturated carbocycles. The zero-order valence-electron chi connectivity index (χ0n) is 10.4. The summed E-state index contributed by atoms with van der Waals surface area (Å²) in [4.78, 5) is 22.2. The number of rotatable bonds is 5. The monoisotopic (exact) mass is 286 g/mol. The Kier molecular flexibility index (Phi) is 4.49. The lowest BCUT2D eigenvalue weighted by Gasteiger charge is -2.09. The predicted molar refractivity (Wildman–Crippen MR) is 69.5 cm³/mol. The van der Waals surface area contributed by atoms with E-state index >= 15 is 0 Å². The highest BCUT2D eigenvalue weighted by Crippen LogP contribution is 2.10. The van der Waals surface area contributed by atoms with E-state index in [0.29, 0.717) is 5.69 Å². The highest BCUT2D eigenvalue weighted by atomic mass is 32.2. The summed E-state index contributed by atoms with van der Waals surface area (Å²) in [5.74, 6) is -1.68. The van der Waals surface area contributed by atoms with E-state index in [-0.39, 0.29) is 5.56 Å². The number of anilines is 1. The van der Waals surface area contributed by atoms with Crippen molar-refractivity contribution >= 4 is 27.6 Å². The Balaban J connectivity index is 2.76. The maximum atomic E-state index is 11.6. The van der Waals surface area contributed by atoms with Gasteiger partial charge in [0.1, 0.15) is 6.04 Å². The van der Waals surface area contributed by atoms with Crippen LogP contribution in [0.25, 0.3) is 0 Å². The van der Waals surface area contributed by atoms with Gasteiger partial charge in [0.15, 0.2) is 0 Å². The Bertz CT molecular complexity index is 580. The summed E-state index contributed by atoms with van der Waals surface area (Å²) < 4.78 is 24.2. The molecular formula is C11H14N2O5S. The van der Waals surface area contributed by atoms with Gasteiger partial charge >= 0.3 is 5.97 Å². The van der Waals surface area contributed by atoms with Gasteiger partial charge in [0.25, 0.3) is 5.91 Å². The lowest BCUT2D eigenvalue weighted by molar-refractivity contribution is -0.138. The van der Waals surface area contributed by atoms with Crippen LogP contribution in [0.1, 0.15) is 17.3 Å². The lowest BCUT2D eigenvalue weighted by Crippen LogP contribution is -2.38. The van der Waals surface area contributed by atoms with Gasteiger partial charge in [-0.15, -0.1) is 0 Å². The van der Waals surface area contributed by atoms with Crippen LogP contribution in [0.15, 0.2) is 24.3 Å². The maximum absolute atomic E-state index is 11.6. The second-order valence-corrected chi connectivity index (χ2v) is 5.73. The van der Waals surface area contributed by atoms with Gasteiger partial charge in [-0.05, 0) is 31.2 Å². The van der Waals surface area contributed by atoms with Crippen LogP contribution in [0.5, 0.6) is 0 Å². The van der Waals surface area contributed by atoms with Crippen molar-refractivity contribution in [2.24, 2.45) is 0 Å². The third-order valence-corrected chi connectivity index (χ3v) is 2.77. The molecule has 0 fully saturated rings. The van der Waals surface area contributed by atoms with Crippen molar-refractivity contribution in [2.45, 2.75) is 13.0 Å². The van der Waals surface area contributed by atoms with E-state index in [4.69, 9.17) is 5.11 Å². The summed E-state index contributed by atoms with van der Waals surface area (Å²) >= 11 is 0. The van der Waals surface area contributed by atoms with Crippen molar-refractivity contribution in [1.82, 2.24) is 5.32 Å². The molecule has 0 aliphatic rings. The van der Waals surface area contributed by atoms with Gasteiger partial charge in [-0.25, -0.2) is 8.42 Å². The number of benzene rings is 1. The van der Waals surface area contributed by atoms with E-state index < -0.39 is 27.9 Å². The summed E-state index contributed by atoms with van der Waals surface area (Å²) in [7, 11) is -3.37. The first-order valence-electron chi connectivity index (χ1n) is 5.30. The molecule has 19 heavy (non-hydrogen) atoms. The van der Waals surface area contributed by atoms with Crippen molar-refractivity contribution < 1.29 is 23.1 Å². The molecule has 0 aliphatic carbocycles. The molecule has 0 spiro atoms. The molecule has 0 heterocycles. The van der Waals surface area contributed by atoms with Gasteiger partial charge in [0.05, 0.1) is 6.26 Å². The Morgan fingerprint density at radius 3 is 2.16 bits per heavy atom. The van der Waals surface area contributed by atoms with E-state index in [2.05, 4.69) is 10.0 Å². The standard InChI is InChI=1S/C11H14N2O5S/c1-7(11(15)16)12-10(14)8-3-5-9(6-4-8)13-19(2,17)18/h3-7,13H,1-2H3,(H,12,14)(H,15,16). The summed E-state index contributed by atoms with van der Waals surface area (Å²) in [5, 5.41) is 10.9. The first kappa shape index (κ1) is 15.0. The van der Waals surface area contributed by atoms with Gasteiger partial charge in [0.2, 0.25) is 10.0 Å². The Hall–Kier alpha value is -2.09. The molecule has 3 N–H and O–H groups in total. The van der Waals surface area contributed by atoms with E-state index in [1.54, 1.807) is 0 Å². The zero-order valence-corrected chi connectivity index (χ0v) is 11.2. The number of hydrogen-bond acceptors (Lipinski definition) is 4. The van der Waals surface area contributed by atoms with E-state index in [1.807, 2.05) is 0 Å². The summed E-state index contributed by atoms with van der Waals surface area (Å²) in [6.07, 6.45) is 1.02. The molecule has 8 heteroatoms. The smallest absolute Gasteiger partial charge is 0.325 e. The Morgan fingerprint density at radius 2 is 1.74 bits per heavy atom. The molecule has 1 aromatic carbocycles. The number of carboxylic acids is 1. The fraction of sp³-hybridized carbons (Fsp3) is 0.273. The topological polar surface area (TPSA) is 113 Å². The lowest BCUT2D eigenvalue weighted by atomic mass is 10.2. The Morgan fingerprint density at radius 1 is 1.21 bits per heavy atom. The van der Waals surface area contributed by atoms with Crippen molar-refractivity contribution in [2.75, 3.05) is 11.0 Å². The fourth-order valence-corrected chi connectivity index (χ4v) is 1.81. The number of aliphatic carboxylic acids is 1. The number of carboxylic acid groups (broad SMARTS) is 1. The Labute approximate surface area is 110 Å². The second kappa shape index (κ2) is 5.70. The molecule has 1 rings (SSSR count). The number of sulfonamides is 1. The molecule has 1 aromatic rings. The molecule has 1 atom stereocenters. The van der Waals surface area contributed by atoms with Crippen LogP contribution in [0.3, 0.4) is 0 Å². The minimum absolute atomic E-state index is 0.243. The number of amides is 1. The third-order valence-electron chi connectivity index (χ3n) is 2.17. The van der Waals surface area contributed by atoms with Gasteiger partial charge in [0, 0.05) is 11.3 Å². The first-order valence-corrected chi connectivity index (χ1v) is 7.20. The molecule has 0 aliphatic heterocycles. The minimum atomic E-state index is -3.37. The van der Waals surface area contributed by atoms with E-state index in [1.165, 1.54) is 31.2 Å². The van der Waals surface area contributed by atoms with Gasteiger partial charge < -0.3 is 10.4 Å². The van der Waals surface area contributed by atoms with Gasteiger partial charge in [-0.2, -0.15) is 0 Å². The molecule has 1 unspecified atom stereocenters. The molecule has 0 radical (unpaired) electrons. The number of hydrogen-bond donors (Lipinski definition) is 3. The summed E-state index contributed by atoms with van der Waals surface area (Å²) in [5.41, 5.74) is 0.567. The molecule has 1 amide bonds. The highest BCUT2D eigenvalue weighted by Gasteiger charge is 2.15. The van der Waals surface area contributed by atoms with Crippen LogP contribution in [0.4, 0.5) is 5.69 Å². The van der Waals surface area contributed by atoms with Crippen molar-refractivity contribution in [3.8, 4) is 0 Å². The predicted octanol–water partition coefficient (Wildman–Crippen LogP) is 0.261. The molecule has 0 bridgehead atoms. The second-order valence-electron chi connectivity index (χ2n) is 3.98. The van der Waals surface area contributed by atoms with Gasteiger partial charge in [-0.1, -0.05) is 0 Å². The fourth-order valence-electron chi connectivity index (χ4n) is 1.25. The highest BCUT2D eigenvalue weighted by molar-refractivity contribution is 7.92. The van der Waals surface area contributed by atoms with Crippen molar-refractivity contribution in [3.05, 3.63) is 29.8 Å². The molecule has 104 valence electrons. The largest absolute Gasteiger partial charge is 0.480 e. The number of carbonyl (C=O) groups is 2. The van der Waals surface area contributed by atoms with Crippen molar-refractivity contribution in [3.63, 3.8) is 0 Å². The average molecular weight is 286 g/mol. The maximum Gasteiger partial charge on any atom is 0.325 e. The summed E-state index contributed by atoms with van der Waals surface area (Å²) in [6, 6.07) is 4.64. The molecule has 7 nitrogen and oxygen atoms in total. The van der Waals surface area contributed by atoms with Crippen LogP contribution in [0, 0.1) is 0 Å². The molecule has 0 aromatic heterocycles. The molecular weight excluding hydrogens is 272 g/mol. The average Bonchev–Trinajstić information content (AvgIpc) is 2.27. The van der Waals surface area contributed by atoms with E-state index in [9.17, 15) is 18.0 Å². The van der Waals surface area contributed by atoms with Crippen LogP contribution < -0.4 is 10.0 Å². The number of nitrogens with one attached hydrogen (secondary N) is 2. The first-order chi connectivity index (χ1) is 8.69. The van der Waals surface area contributed by atoms with Gasteiger partial charge in [-0.3, -0.25) is 14.3 Å². The third kappa shape index (κ3) is 4.96. The minimum Gasteiger partial charge on any atom is -0.480 e. The SMILES string of the molecule is CC(NC(=O)c1ccc(NS(C)(=O)=O)cc1)C(=O)O. The number of carbonyl (C=O) groups excluding carboxylic acids is 1. The van der Waals surface area contributed by atoms with Crippen molar-refractivity contribution in [1.29, 1.82) is 0 Å². The molecule has 0 saturated heterocycles. The van der Waals surface area contributed by atoms with Crippen LogP contribution >= 0.6 is 0 Å². The van der Waals surface area contributed by atoms with Crippen LogP contribution in [-0.4, -0.2) is 37.7 Å². The summed E-state index contributed by atoms with van der Waals surface area (Å²) in [6.45, 7) is 1.35. The van der Waals surface area contributed by atoms with E-state index in [0.717, 1.165) is 6.26 Å². The zero-order chi connectivity index (χ0) is 14.6. The normalized spacial score (nSPS) is 12.5. The van der Waals surface area contributed by atoms with Crippen LogP contribution in [0.2, 0.25) is 0 Å². The quantitative estimate of drug-likeness (QED) is 0.718.